The normalized spacial score (nSPS) is 21.5. The van der Waals surface area contributed by atoms with E-state index in [1.54, 1.807) is 6.07 Å². The standard InChI is InChI=1S/C22H26N2O5S2/c1-15-5-7-16(8-6-15)21(17-9-10-17)23-22(25)18-3-2-4-20(13-18)31(28,29)24-19-11-12-30(26,27)14-19/h2-8,13,17,19,21,24H,9-12,14H2,1H3,(H,23,25)/t19-,21-/m1/s1. The molecule has 0 radical (unpaired) electrons. The maximum atomic E-state index is 12.9. The second kappa shape index (κ2) is 8.37. The van der Waals surface area contributed by atoms with Crippen LogP contribution in [0.2, 0.25) is 0 Å². The van der Waals surface area contributed by atoms with Crippen molar-refractivity contribution < 1.29 is 21.6 Å². The van der Waals surface area contributed by atoms with Gasteiger partial charge >= 0.3 is 0 Å². The minimum absolute atomic E-state index is 0.0236. The molecule has 1 saturated heterocycles. The highest BCUT2D eigenvalue weighted by atomic mass is 32.2. The molecule has 1 aliphatic carbocycles. The number of carbonyl (C=O) groups is 1. The molecule has 2 aliphatic rings. The smallest absolute Gasteiger partial charge is 0.251 e. The third-order valence-electron chi connectivity index (χ3n) is 5.78. The van der Waals surface area contributed by atoms with Crippen LogP contribution < -0.4 is 10.0 Å². The fraction of sp³-hybridized carbons (Fsp3) is 0.409. The molecule has 1 aliphatic heterocycles. The molecule has 166 valence electrons. The van der Waals surface area contributed by atoms with Gasteiger partial charge in [0, 0.05) is 11.6 Å². The number of aryl methyl sites for hydroxylation is 1. The monoisotopic (exact) mass is 462 g/mol. The van der Waals surface area contributed by atoms with Crippen LogP contribution in [0.15, 0.2) is 53.4 Å². The molecule has 0 spiro atoms. The van der Waals surface area contributed by atoms with Gasteiger partial charge in [-0.25, -0.2) is 21.6 Å². The van der Waals surface area contributed by atoms with Crippen molar-refractivity contribution in [3.05, 3.63) is 65.2 Å². The van der Waals surface area contributed by atoms with Crippen LogP contribution in [-0.4, -0.2) is 40.3 Å². The van der Waals surface area contributed by atoms with E-state index in [-0.39, 0.29) is 40.3 Å². The van der Waals surface area contributed by atoms with E-state index in [4.69, 9.17) is 0 Å². The highest BCUT2D eigenvalue weighted by molar-refractivity contribution is 7.92. The Labute approximate surface area is 183 Å². The minimum Gasteiger partial charge on any atom is -0.345 e. The molecule has 2 aromatic carbocycles. The van der Waals surface area contributed by atoms with Crippen LogP contribution in [-0.2, 0) is 19.9 Å². The summed E-state index contributed by atoms with van der Waals surface area (Å²) >= 11 is 0. The first-order chi connectivity index (χ1) is 14.6. The molecule has 1 amide bonds. The molecule has 2 fully saturated rings. The van der Waals surface area contributed by atoms with Crippen molar-refractivity contribution in [3.63, 3.8) is 0 Å². The fourth-order valence-corrected chi connectivity index (χ4v) is 6.98. The molecular weight excluding hydrogens is 436 g/mol. The summed E-state index contributed by atoms with van der Waals surface area (Å²) in [5.74, 6) is -0.182. The van der Waals surface area contributed by atoms with Crippen LogP contribution in [0.25, 0.3) is 0 Å². The lowest BCUT2D eigenvalue weighted by Crippen LogP contribution is -2.35. The van der Waals surface area contributed by atoms with Gasteiger partial charge in [0.15, 0.2) is 9.84 Å². The first kappa shape index (κ1) is 22.0. The first-order valence-electron chi connectivity index (χ1n) is 10.3. The lowest BCUT2D eigenvalue weighted by Gasteiger charge is -2.19. The summed E-state index contributed by atoms with van der Waals surface area (Å²) in [4.78, 5) is 12.9. The average molecular weight is 463 g/mol. The van der Waals surface area contributed by atoms with E-state index >= 15 is 0 Å². The van der Waals surface area contributed by atoms with E-state index in [0.29, 0.717) is 5.92 Å². The number of sulfonamides is 1. The number of rotatable bonds is 7. The van der Waals surface area contributed by atoms with E-state index in [1.165, 1.54) is 18.2 Å². The highest BCUT2D eigenvalue weighted by Gasteiger charge is 2.34. The van der Waals surface area contributed by atoms with Crippen LogP contribution in [0.1, 0.15) is 46.8 Å². The number of hydrogen-bond acceptors (Lipinski definition) is 5. The molecule has 0 bridgehead atoms. The van der Waals surface area contributed by atoms with Gasteiger partial charge in [0.2, 0.25) is 10.0 Å². The molecule has 2 N–H and O–H groups in total. The maximum absolute atomic E-state index is 12.9. The van der Waals surface area contributed by atoms with E-state index in [9.17, 15) is 21.6 Å². The van der Waals surface area contributed by atoms with Crippen molar-refractivity contribution in [2.24, 2.45) is 5.92 Å². The zero-order chi connectivity index (χ0) is 22.2. The van der Waals surface area contributed by atoms with E-state index < -0.39 is 25.9 Å². The van der Waals surface area contributed by atoms with Crippen LogP contribution >= 0.6 is 0 Å². The second-order valence-corrected chi connectivity index (χ2v) is 12.4. The molecule has 9 heteroatoms. The molecule has 1 saturated carbocycles. The van der Waals surface area contributed by atoms with Crippen molar-refractivity contribution in [1.29, 1.82) is 0 Å². The summed E-state index contributed by atoms with van der Waals surface area (Å²) in [6, 6.07) is 13.1. The number of benzene rings is 2. The van der Waals surface area contributed by atoms with Crippen LogP contribution in [0.5, 0.6) is 0 Å². The number of amides is 1. The molecular formula is C22H26N2O5S2. The quantitative estimate of drug-likeness (QED) is 0.656. The zero-order valence-corrected chi connectivity index (χ0v) is 18.9. The van der Waals surface area contributed by atoms with Crippen molar-refractivity contribution in [2.45, 2.75) is 43.2 Å². The molecule has 2 aromatic rings. The predicted molar refractivity (Wildman–Crippen MR) is 118 cm³/mol. The van der Waals surface area contributed by atoms with E-state index in [2.05, 4.69) is 10.0 Å². The Morgan fingerprint density at radius 2 is 1.77 bits per heavy atom. The maximum Gasteiger partial charge on any atom is 0.251 e. The first-order valence-corrected chi connectivity index (χ1v) is 13.6. The van der Waals surface area contributed by atoms with E-state index in [1.807, 2.05) is 31.2 Å². The Morgan fingerprint density at radius 3 is 2.39 bits per heavy atom. The van der Waals surface area contributed by atoms with Crippen molar-refractivity contribution >= 4 is 25.8 Å². The minimum atomic E-state index is -3.93. The predicted octanol–water partition coefficient (Wildman–Crippen LogP) is 2.34. The van der Waals surface area contributed by atoms with Gasteiger partial charge in [0.25, 0.3) is 5.91 Å². The molecule has 1 heterocycles. The number of carbonyl (C=O) groups excluding carboxylic acids is 1. The summed E-state index contributed by atoms with van der Waals surface area (Å²) in [6.07, 6.45) is 2.34. The third kappa shape index (κ3) is 5.34. The largest absolute Gasteiger partial charge is 0.345 e. The van der Waals surface area contributed by atoms with Gasteiger partial charge in [-0.15, -0.1) is 0 Å². The van der Waals surface area contributed by atoms with Crippen molar-refractivity contribution in [2.75, 3.05) is 11.5 Å². The molecule has 4 rings (SSSR count). The van der Waals surface area contributed by atoms with Crippen LogP contribution in [0, 0.1) is 12.8 Å². The van der Waals surface area contributed by atoms with Crippen LogP contribution in [0.4, 0.5) is 0 Å². The fourth-order valence-electron chi connectivity index (χ4n) is 3.88. The Kier molecular flexibility index (Phi) is 5.93. The Balaban J connectivity index is 1.50. The van der Waals surface area contributed by atoms with E-state index in [0.717, 1.165) is 24.0 Å². The number of sulfone groups is 1. The average Bonchev–Trinajstić information content (AvgIpc) is 3.50. The van der Waals surface area contributed by atoms with Gasteiger partial charge in [-0.05, 0) is 55.9 Å². The van der Waals surface area contributed by atoms with Gasteiger partial charge in [-0.1, -0.05) is 35.9 Å². The van der Waals surface area contributed by atoms with Gasteiger partial charge in [-0.3, -0.25) is 4.79 Å². The van der Waals surface area contributed by atoms with Crippen LogP contribution in [0.3, 0.4) is 0 Å². The lowest BCUT2D eigenvalue weighted by atomic mass is 10.0. The molecule has 0 unspecified atom stereocenters. The van der Waals surface area contributed by atoms with Crippen molar-refractivity contribution in [3.8, 4) is 0 Å². The molecule has 7 nitrogen and oxygen atoms in total. The summed E-state index contributed by atoms with van der Waals surface area (Å²) < 4.78 is 51.1. The number of nitrogens with one attached hydrogen (secondary N) is 2. The Morgan fingerprint density at radius 1 is 1.06 bits per heavy atom. The van der Waals surface area contributed by atoms with Gasteiger partial charge in [0.05, 0.1) is 22.4 Å². The zero-order valence-electron chi connectivity index (χ0n) is 17.2. The molecule has 31 heavy (non-hydrogen) atoms. The summed E-state index contributed by atoms with van der Waals surface area (Å²) in [5.41, 5.74) is 2.43. The summed E-state index contributed by atoms with van der Waals surface area (Å²) in [6.45, 7) is 2.01. The molecule has 2 atom stereocenters. The number of hydrogen-bond donors (Lipinski definition) is 2. The van der Waals surface area contributed by atoms with Gasteiger partial charge in [0.1, 0.15) is 0 Å². The van der Waals surface area contributed by atoms with Crippen molar-refractivity contribution in [1.82, 2.24) is 10.0 Å². The highest BCUT2D eigenvalue weighted by Crippen LogP contribution is 2.41. The summed E-state index contributed by atoms with van der Waals surface area (Å²) in [5, 5.41) is 3.06. The lowest BCUT2D eigenvalue weighted by molar-refractivity contribution is 0.0931. The topological polar surface area (TPSA) is 109 Å². The third-order valence-corrected chi connectivity index (χ3v) is 9.06. The Bertz CT molecular complexity index is 1190. The second-order valence-electron chi connectivity index (χ2n) is 8.45. The van der Waals surface area contributed by atoms with Gasteiger partial charge < -0.3 is 5.32 Å². The summed E-state index contributed by atoms with van der Waals surface area (Å²) in [7, 11) is -7.14. The SMILES string of the molecule is Cc1ccc([C@@H](NC(=O)c2cccc(S(=O)(=O)N[C@@H]3CCS(=O)(=O)C3)c2)C2CC2)cc1. The molecule has 0 aromatic heterocycles. The Hall–Kier alpha value is -2.23. The van der Waals surface area contributed by atoms with Gasteiger partial charge in [-0.2, -0.15) is 0 Å².